The normalized spacial score (nSPS) is 10.9. The lowest BCUT2D eigenvalue weighted by atomic mass is 9.87. The largest absolute Gasteiger partial charge is 0.421 e. The lowest BCUT2D eigenvalue weighted by Gasteiger charge is -2.21. The molecule has 4 heteroatoms. The van der Waals surface area contributed by atoms with E-state index in [4.69, 9.17) is 4.74 Å². The van der Waals surface area contributed by atoms with Crippen LogP contribution in [-0.2, 0) is 10.2 Å². The molecule has 0 radical (unpaired) electrons. The minimum Gasteiger partial charge on any atom is -0.421 e. The van der Waals surface area contributed by atoms with Crippen LogP contribution in [0.25, 0.3) is 0 Å². The van der Waals surface area contributed by atoms with E-state index in [-0.39, 0.29) is 5.41 Å². The third-order valence-electron chi connectivity index (χ3n) is 3.27. The number of hydrogen-bond acceptors (Lipinski definition) is 3. The first-order valence-corrected chi connectivity index (χ1v) is 7.04. The second-order valence-corrected chi connectivity index (χ2v) is 5.98. The number of esters is 1. The minimum atomic E-state index is -0.458. The summed E-state index contributed by atoms with van der Waals surface area (Å²) in [6.07, 6.45) is 0.561. The molecule has 0 heterocycles. The molecule has 1 N–H and O–H groups in total. The molecule has 0 spiro atoms. The van der Waals surface area contributed by atoms with Crippen LogP contribution in [0.4, 0.5) is 5.69 Å². The molecular formula is C18H19NO3. The topological polar surface area (TPSA) is 55.4 Å². The average molecular weight is 297 g/mol. The average Bonchev–Trinajstić information content (AvgIpc) is 2.49. The first kappa shape index (κ1) is 15.8. The third-order valence-corrected chi connectivity index (χ3v) is 3.27. The smallest absolute Gasteiger partial charge is 0.343 e. The van der Waals surface area contributed by atoms with E-state index in [9.17, 15) is 9.59 Å². The van der Waals surface area contributed by atoms with Gasteiger partial charge < -0.3 is 10.1 Å². The molecule has 22 heavy (non-hydrogen) atoms. The highest BCUT2D eigenvalue weighted by atomic mass is 16.5. The fraction of sp³-hybridized carbons (Fsp3) is 0.222. The number of rotatable bonds is 4. The van der Waals surface area contributed by atoms with Gasteiger partial charge in [-0.3, -0.25) is 4.79 Å². The van der Waals surface area contributed by atoms with E-state index < -0.39 is 5.97 Å². The summed E-state index contributed by atoms with van der Waals surface area (Å²) in [5.74, 6) is -0.117. The Hall–Kier alpha value is -2.62. The molecule has 114 valence electrons. The zero-order valence-corrected chi connectivity index (χ0v) is 12.9. The molecule has 2 aromatic rings. The molecule has 2 rings (SSSR count). The Balaban J connectivity index is 2.35. The Morgan fingerprint density at radius 2 is 1.77 bits per heavy atom. The molecule has 0 fully saturated rings. The zero-order valence-electron chi connectivity index (χ0n) is 12.9. The standard InChI is InChI=1S/C18H19NO3/c1-18(2,3)14-9-10-15(19-12-20)16(11-14)22-17(21)13-7-5-4-6-8-13/h4-12H,1-3H3,(H,19,20). The van der Waals surface area contributed by atoms with Crippen molar-refractivity contribution >= 4 is 18.1 Å². The lowest BCUT2D eigenvalue weighted by molar-refractivity contribution is -0.105. The highest BCUT2D eigenvalue weighted by Crippen LogP contribution is 2.32. The summed E-state index contributed by atoms with van der Waals surface area (Å²) < 4.78 is 5.46. The maximum Gasteiger partial charge on any atom is 0.343 e. The fourth-order valence-electron chi connectivity index (χ4n) is 1.99. The molecule has 1 amide bonds. The van der Waals surface area contributed by atoms with E-state index in [1.165, 1.54) is 0 Å². The van der Waals surface area contributed by atoms with E-state index in [1.807, 2.05) is 12.1 Å². The second kappa shape index (κ2) is 6.43. The van der Waals surface area contributed by atoms with Gasteiger partial charge in [-0.2, -0.15) is 0 Å². The van der Waals surface area contributed by atoms with Gasteiger partial charge in [0.2, 0.25) is 6.41 Å². The van der Waals surface area contributed by atoms with Gasteiger partial charge in [-0.05, 0) is 35.2 Å². The van der Waals surface area contributed by atoms with Gasteiger partial charge in [0, 0.05) is 0 Å². The summed E-state index contributed by atoms with van der Waals surface area (Å²) in [7, 11) is 0. The molecule has 4 nitrogen and oxygen atoms in total. The molecule has 0 aromatic heterocycles. The molecule has 0 saturated heterocycles. The van der Waals surface area contributed by atoms with Crippen LogP contribution in [0.3, 0.4) is 0 Å². The van der Waals surface area contributed by atoms with Gasteiger partial charge in [-0.25, -0.2) is 4.79 Å². The van der Waals surface area contributed by atoms with Crippen molar-refractivity contribution in [2.75, 3.05) is 5.32 Å². The molecule has 0 aliphatic heterocycles. The van der Waals surface area contributed by atoms with Crippen LogP contribution >= 0.6 is 0 Å². The van der Waals surface area contributed by atoms with Gasteiger partial charge in [0.25, 0.3) is 0 Å². The summed E-state index contributed by atoms with van der Waals surface area (Å²) in [6.45, 7) is 6.20. The monoisotopic (exact) mass is 297 g/mol. The van der Waals surface area contributed by atoms with Gasteiger partial charge >= 0.3 is 5.97 Å². The summed E-state index contributed by atoms with van der Waals surface area (Å²) in [4.78, 5) is 22.9. The first-order chi connectivity index (χ1) is 10.4. The maximum atomic E-state index is 12.2. The van der Waals surface area contributed by atoms with Gasteiger partial charge in [-0.1, -0.05) is 45.0 Å². The Bertz CT molecular complexity index is 672. The molecule has 0 saturated carbocycles. The van der Waals surface area contributed by atoms with Crippen molar-refractivity contribution in [2.24, 2.45) is 0 Å². The minimum absolute atomic E-state index is 0.0897. The summed E-state index contributed by atoms with van der Waals surface area (Å²) in [6, 6.07) is 14.2. The number of anilines is 1. The number of nitrogens with one attached hydrogen (secondary N) is 1. The highest BCUT2D eigenvalue weighted by molar-refractivity contribution is 5.92. The number of benzene rings is 2. The van der Waals surface area contributed by atoms with Crippen molar-refractivity contribution in [3.05, 3.63) is 59.7 Å². The number of carbonyl (C=O) groups excluding carboxylic acids is 2. The number of hydrogen-bond donors (Lipinski definition) is 1. The quantitative estimate of drug-likeness (QED) is 0.531. The van der Waals surface area contributed by atoms with Gasteiger partial charge in [0.15, 0.2) is 5.75 Å². The third kappa shape index (κ3) is 3.73. The summed E-state index contributed by atoms with van der Waals surface area (Å²) in [5, 5.41) is 2.55. The van der Waals surface area contributed by atoms with Gasteiger partial charge in [-0.15, -0.1) is 0 Å². The summed E-state index contributed by atoms with van der Waals surface area (Å²) >= 11 is 0. The molecule has 2 aromatic carbocycles. The molecule has 0 aliphatic carbocycles. The van der Waals surface area contributed by atoms with Crippen LogP contribution in [0, 0.1) is 0 Å². The van der Waals surface area contributed by atoms with E-state index in [2.05, 4.69) is 26.1 Å². The van der Waals surface area contributed by atoms with Crippen molar-refractivity contribution in [1.29, 1.82) is 0 Å². The van der Waals surface area contributed by atoms with Gasteiger partial charge in [0.05, 0.1) is 11.3 Å². The SMILES string of the molecule is CC(C)(C)c1ccc(NC=O)c(OC(=O)c2ccccc2)c1. The first-order valence-electron chi connectivity index (χ1n) is 7.04. The lowest BCUT2D eigenvalue weighted by Crippen LogP contribution is -2.14. The predicted octanol–water partition coefficient (Wildman–Crippen LogP) is 3.77. The van der Waals surface area contributed by atoms with Crippen molar-refractivity contribution in [1.82, 2.24) is 0 Å². The Morgan fingerprint density at radius 3 is 2.36 bits per heavy atom. The predicted molar refractivity (Wildman–Crippen MR) is 86.2 cm³/mol. The van der Waals surface area contributed by atoms with E-state index in [0.29, 0.717) is 23.4 Å². The molecule has 0 unspecified atom stereocenters. The van der Waals surface area contributed by atoms with Crippen molar-refractivity contribution < 1.29 is 14.3 Å². The fourth-order valence-corrected chi connectivity index (χ4v) is 1.99. The Labute approximate surface area is 130 Å². The molecule has 0 atom stereocenters. The summed E-state index contributed by atoms with van der Waals surface area (Å²) in [5.41, 5.74) is 1.85. The van der Waals surface area contributed by atoms with Crippen molar-refractivity contribution in [3.63, 3.8) is 0 Å². The number of carbonyl (C=O) groups is 2. The highest BCUT2D eigenvalue weighted by Gasteiger charge is 2.18. The Morgan fingerprint density at radius 1 is 1.09 bits per heavy atom. The van der Waals surface area contributed by atoms with Crippen molar-refractivity contribution in [2.45, 2.75) is 26.2 Å². The van der Waals surface area contributed by atoms with Crippen LogP contribution < -0.4 is 10.1 Å². The maximum absolute atomic E-state index is 12.2. The number of amides is 1. The van der Waals surface area contributed by atoms with Crippen LogP contribution in [0.5, 0.6) is 5.75 Å². The van der Waals surface area contributed by atoms with Crippen LogP contribution in [0.2, 0.25) is 0 Å². The van der Waals surface area contributed by atoms with Crippen LogP contribution in [0.1, 0.15) is 36.7 Å². The molecule has 0 aliphatic rings. The molecule has 0 bridgehead atoms. The van der Waals surface area contributed by atoms with Crippen LogP contribution in [-0.4, -0.2) is 12.4 Å². The Kier molecular flexibility index (Phi) is 4.61. The van der Waals surface area contributed by atoms with E-state index >= 15 is 0 Å². The van der Waals surface area contributed by atoms with E-state index in [0.717, 1.165) is 5.56 Å². The number of ether oxygens (including phenoxy) is 1. The zero-order chi connectivity index (χ0) is 16.2. The molecular weight excluding hydrogens is 278 g/mol. The van der Waals surface area contributed by atoms with E-state index in [1.54, 1.807) is 36.4 Å². The second-order valence-electron chi connectivity index (χ2n) is 5.98. The van der Waals surface area contributed by atoms with Crippen LogP contribution in [0.15, 0.2) is 48.5 Å². The van der Waals surface area contributed by atoms with Crippen molar-refractivity contribution in [3.8, 4) is 5.75 Å². The van der Waals surface area contributed by atoms with Gasteiger partial charge in [0.1, 0.15) is 0 Å².